The Labute approximate surface area is 98.6 Å². The fourth-order valence-electron chi connectivity index (χ4n) is 1.65. The minimum atomic E-state index is 0.579. The Bertz CT molecular complexity index is 293. The van der Waals surface area contributed by atoms with E-state index in [-0.39, 0.29) is 0 Å². The number of rotatable bonds is 7. The molecule has 1 heterocycles. The van der Waals surface area contributed by atoms with E-state index in [0.29, 0.717) is 6.04 Å². The van der Waals surface area contributed by atoms with Gasteiger partial charge in [-0.2, -0.15) is 5.10 Å². The van der Waals surface area contributed by atoms with Crippen LogP contribution in [0.15, 0.2) is 12.3 Å². The minimum Gasteiger partial charge on any atom is -0.314 e. The second-order valence-corrected chi connectivity index (χ2v) is 4.64. The Kier molecular flexibility index (Phi) is 5.49. The average Bonchev–Trinajstić information content (AvgIpc) is 2.61. The first-order chi connectivity index (χ1) is 7.59. The average molecular weight is 224 g/mol. The molecule has 0 aliphatic rings. The maximum atomic E-state index is 4.16. The lowest BCUT2D eigenvalue weighted by Crippen LogP contribution is -2.31. The van der Waals surface area contributed by atoms with E-state index in [1.165, 1.54) is 12.1 Å². The molecule has 4 nitrogen and oxygen atoms in total. The highest BCUT2D eigenvalue weighted by Crippen LogP contribution is 1.97. The van der Waals surface area contributed by atoms with Crippen molar-refractivity contribution in [2.45, 2.75) is 25.8 Å². The van der Waals surface area contributed by atoms with E-state index in [1.807, 2.05) is 17.9 Å². The van der Waals surface area contributed by atoms with Gasteiger partial charge in [-0.25, -0.2) is 0 Å². The van der Waals surface area contributed by atoms with Crippen molar-refractivity contribution in [3.63, 3.8) is 0 Å². The lowest BCUT2D eigenvalue weighted by Gasteiger charge is -2.16. The molecule has 0 bridgehead atoms. The first-order valence-corrected chi connectivity index (χ1v) is 5.94. The van der Waals surface area contributed by atoms with E-state index in [9.17, 15) is 0 Å². The molecule has 0 fully saturated rings. The number of aryl methyl sites for hydroxylation is 1. The highest BCUT2D eigenvalue weighted by molar-refractivity contribution is 5.00. The normalized spacial score (nSPS) is 13.3. The molecule has 92 valence electrons. The van der Waals surface area contributed by atoms with Gasteiger partial charge in [-0.1, -0.05) is 0 Å². The van der Waals surface area contributed by atoms with Crippen LogP contribution in [0.3, 0.4) is 0 Å². The van der Waals surface area contributed by atoms with Gasteiger partial charge in [0, 0.05) is 37.9 Å². The van der Waals surface area contributed by atoms with Crippen LogP contribution in [0.2, 0.25) is 0 Å². The highest BCUT2D eigenvalue weighted by Gasteiger charge is 2.03. The molecule has 1 unspecified atom stereocenters. The Hall–Kier alpha value is -0.870. The van der Waals surface area contributed by atoms with E-state index in [4.69, 9.17) is 0 Å². The van der Waals surface area contributed by atoms with Crippen molar-refractivity contribution in [3.05, 3.63) is 18.0 Å². The summed E-state index contributed by atoms with van der Waals surface area (Å²) in [4.78, 5) is 2.22. The van der Waals surface area contributed by atoms with Crippen molar-refractivity contribution < 1.29 is 0 Å². The van der Waals surface area contributed by atoms with Crippen LogP contribution < -0.4 is 5.32 Å². The topological polar surface area (TPSA) is 33.1 Å². The molecule has 0 aliphatic heterocycles. The van der Waals surface area contributed by atoms with Gasteiger partial charge in [0.1, 0.15) is 0 Å². The summed E-state index contributed by atoms with van der Waals surface area (Å²) in [6, 6.07) is 2.65. The van der Waals surface area contributed by atoms with Gasteiger partial charge in [0.15, 0.2) is 0 Å². The largest absolute Gasteiger partial charge is 0.314 e. The van der Waals surface area contributed by atoms with Gasteiger partial charge in [0.2, 0.25) is 0 Å². The molecule has 0 spiro atoms. The number of nitrogens with zero attached hydrogens (tertiary/aromatic N) is 3. The summed E-state index contributed by atoms with van der Waals surface area (Å²) in [6.07, 6.45) is 4.09. The maximum Gasteiger partial charge on any atom is 0.0492 e. The summed E-state index contributed by atoms with van der Waals surface area (Å²) in [5.74, 6) is 0. The Morgan fingerprint density at radius 1 is 1.50 bits per heavy atom. The third kappa shape index (κ3) is 4.77. The molecule has 0 radical (unpaired) electrons. The monoisotopic (exact) mass is 224 g/mol. The summed E-state index contributed by atoms with van der Waals surface area (Å²) >= 11 is 0. The summed E-state index contributed by atoms with van der Waals surface area (Å²) in [5, 5.41) is 7.69. The summed E-state index contributed by atoms with van der Waals surface area (Å²) in [5.41, 5.74) is 1.28. The van der Waals surface area contributed by atoms with Crippen molar-refractivity contribution in [1.82, 2.24) is 20.0 Å². The molecule has 1 rings (SSSR count). The lowest BCUT2D eigenvalue weighted by molar-refractivity contribution is 0.366. The van der Waals surface area contributed by atoms with Crippen molar-refractivity contribution in [2.75, 3.05) is 27.2 Å². The van der Waals surface area contributed by atoms with E-state index >= 15 is 0 Å². The third-order valence-corrected chi connectivity index (χ3v) is 2.81. The van der Waals surface area contributed by atoms with Gasteiger partial charge in [-0.15, -0.1) is 0 Å². The molecule has 4 heteroatoms. The van der Waals surface area contributed by atoms with Crippen LogP contribution >= 0.6 is 0 Å². The van der Waals surface area contributed by atoms with Gasteiger partial charge in [0.25, 0.3) is 0 Å². The zero-order valence-corrected chi connectivity index (χ0v) is 10.9. The number of nitrogens with one attached hydrogen (secondary N) is 1. The molecule has 0 amide bonds. The van der Waals surface area contributed by atoms with Crippen LogP contribution in [0.4, 0.5) is 0 Å². The van der Waals surface area contributed by atoms with E-state index < -0.39 is 0 Å². The van der Waals surface area contributed by atoms with Gasteiger partial charge < -0.3 is 10.2 Å². The van der Waals surface area contributed by atoms with Crippen LogP contribution in [0.5, 0.6) is 0 Å². The molecular weight excluding hydrogens is 200 g/mol. The molecule has 0 aromatic carbocycles. The standard InChI is InChI=1S/C12H24N4/c1-11(7-10-15(2)3)13-8-5-12-6-9-14-16(12)4/h6,9,11,13H,5,7-8,10H2,1-4H3. The molecule has 1 atom stereocenters. The van der Waals surface area contributed by atoms with Gasteiger partial charge in [-0.3, -0.25) is 4.68 Å². The second-order valence-electron chi connectivity index (χ2n) is 4.64. The molecule has 0 saturated carbocycles. The van der Waals surface area contributed by atoms with Crippen molar-refractivity contribution in [3.8, 4) is 0 Å². The number of aromatic nitrogens is 2. The SMILES string of the molecule is CC(CCN(C)C)NCCc1ccnn1C. The summed E-state index contributed by atoms with van der Waals surface area (Å²) in [6.45, 7) is 4.40. The van der Waals surface area contributed by atoms with Crippen molar-refractivity contribution >= 4 is 0 Å². The molecule has 16 heavy (non-hydrogen) atoms. The van der Waals surface area contributed by atoms with Gasteiger partial charge >= 0.3 is 0 Å². The predicted octanol–water partition coefficient (Wildman–Crippen LogP) is 0.892. The molecule has 1 aromatic heterocycles. The molecule has 0 aliphatic carbocycles. The first-order valence-electron chi connectivity index (χ1n) is 5.94. The first kappa shape index (κ1) is 13.2. The zero-order valence-electron chi connectivity index (χ0n) is 10.9. The molecule has 1 N–H and O–H groups in total. The smallest absolute Gasteiger partial charge is 0.0492 e. The Morgan fingerprint density at radius 2 is 2.25 bits per heavy atom. The van der Waals surface area contributed by atoms with E-state index in [2.05, 4.69) is 42.4 Å². The third-order valence-electron chi connectivity index (χ3n) is 2.81. The van der Waals surface area contributed by atoms with Crippen molar-refractivity contribution in [1.29, 1.82) is 0 Å². The molecule has 0 saturated heterocycles. The Morgan fingerprint density at radius 3 is 2.81 bits per heavy atom. The number of hydrogen-bond acceptors (Lipinski definition) is 3. The quantitative estimate of drug-likeness (QED) is 0.747. The fourth-order valence-corrected chi connectivity index (χ4v) is 1.65. The van der Waals surface area contributed by atoms with Gasteiger partial charge in [-0.05, 0) is 40.1 Å². The van der Waals surface area contributed by atoms with Crippen LogP contribution in [0.1, 0.15) is 19.0 Å². The Balaban J connectivity index is 2.13. The highest BCUT2D eigenvalue weighted by atomic mass is 15.3. The van der Waals surface area contributed by atoms with Crippen LogP contribution in [-0.2, 0) is 13.5 Å². The zero-order chi connectivity index (χ0) is 12.0. The molecule has 1 aromatic rings. The summed E-state index contributed by atoms with van der Waals surface area (Å²) < 4.78 is 1.94. The predicted molar refractivity (Wildman–Crippen MR) is 67.5 cm³/mol. The molecular formula is C12H24N4. The fraction of sp³-hybridized carbons (Fsp3) is 0.750. The van der Waals surface area contributed by atoms with Gasteiger partial charge in [0.05, 0.1) is 0 Å². The van der Waals surface area contributed by atoms with Crippen LogP contribution in [0.25, 0.3) is 0 Å². The second kappa shape index (κ2) is 6.66. The minimum absolute atomic E-state index is 0.579. The lowest BCUT2D eigenvalue weighted by atomic mass is 10.2. The van der Waals surface area contributed by atoms with Crippen LogP contribution in [0, 0.1) is 0 Å². The van der Waals surface area contributed by atoms with E-state index in [1.54, 1.807) is 0 Å². The summed E-state index contributed by atoms with van der Waals surface area (Å²) in [7, 11) is 6.22. The maximum absolute atomic E-state index is 4.16. The number of hydrogen-bond donors (Lipinski definition) is 1. The van der Waals surface area contributed by atoms with Crippen LogP contribution in [-0.4, -0.2) is 47.9 Å². The van der Waals surface area contributed by atoms with Crippen molar-refractivity contribution in [2.24, 2.45) is 7.05 Å². The van der Waals surface area contributed by atoms with E-state index in [0.717, 1.165) is 19.5 Å².